The number of hydrogen-bond acceptors (Lipinski definition) is 8. The number of nitrogens with two attached hydrogens (primary N) is 1. The molecular weight excluding hydrogens is 532 g/mol. The van der Waals surface area contributed by atoms with Crippen molar-refractivity contribution >= 4 is 34.3 Å². The highest BCUT2D eigenvalue weighted by Gasteiger charge is 2.23. The minimum Gasteiger partial charge on any atom is -0.492 e. The Morgan fingerprint density at radius 1 is 1.12 bits per heavy atom. The first-order chi connectivity index (χ1) is 19.0. The molecule has 10 heteroatoms. The highest BCUT2D eigenvalue weighted by atomic mass is 35.5. The number of aromatic nitrogens is 2. The number of anilines is 1. The predicted octanol–water partition coefficient (Wildman–Crippen LogP) is 5.68. The van der Waals surface area contributed by atoms with Crippen molar-refractivity contribution in [3.05, 3.63) is 82.9 Å². The van der Waals surface area contributed by atoms with Gasteiger partial charge < -0.3 is 25.1 Å². The number of fused-ring (bicyclic) bond motifs is 1. The van der Waals surface area contributed by atoms with Crippen molar-refractivity contribution in [2.75, 3.05) is 32.5 Å². The van der Waals surface area contributed by atoms with Crippen molar-refractivity contribution in [2.45, 2.75) is 39.0 Å². The van der Waals surface area contributed by atoms with Crippen LogP contribution in [0.1, 0.15) is 38.0 Å². The SMILES string of the molecule is COc1nn(C(=O)OC(C)(C)C)c2cc(OCCN(Cc3ccccc3)CC(O)c3ccc(Cl)c(N)c3)ccc12. The van der Waals surface area contributed by atoms with E-state index in [0.29, 0.717) is 65.0 Å². The summed E-state index contributed by atoms with van der Waals surface area (Å²) in [7, 11) is 1.50. The summed E-state index contributed by atoms with van der Waals surface area (Å²) in [6.07, 6.45) is -1.38. The number of aliphatic hydroxyl groups excluding tert-OH is 1. The Morgan fingerprint density at radius 3 is 2.55 bits per heavy atom. The Balaban J connectivity index is 1.49. The van der Waals surface area contributed by atoms with Gasteiger partial charge in [-0.2, -0.15) is 4.68 Å². The van der Waals surface area contributed by atoms with Crippen LogP contribution < -0.4 is 15.2 Å². The van der Waals surface area contributed by atoms with E-state index in [2.05, 4.69) is 10.00 Å². The summed E-state index contributed by atoms with van der Waals surface area (Å²) in [6.45, 7) is 7.23. The third-order valence-electron chi connectivity index (χ3n) is 6.14. The average molecular weight is 567 g/mol. The maximum absolute atomic E-state index is 12.8. The summed E-state index contributed by atoms with van der Waals surface area (Å²) in [5.74, 6) is 0.879. The van der Waals surface area contributed by atoms with Crippen LogP contribution in [0.4, 0.5) is 10.5 Å². The van der Waals surface area contributed by atoms with Crippen LogP contribution in [0.25, 0.3) is 10.9 Å². The predicted molar refractivity (Wildman–Crippen MR) is 156 cm³/mol. The van der Waals surface area contributed by atoms with E-state index < -0.39 is 17.8 Å². The second-order valence-electron chi connectivity index (χ2n) is 10.4. The van der Waals surface area contributed by atoms with E-state index in [4.69, 9.17) is 31.5 Å². The molecule has 0 aliphatic carbocycles. The Kier molecular flexibility index (Phi) is 9.19. The van der Waals surface area contributed by atoms with E-state index in [1.54, 1.807) is 57.2 Å². The molecule has 1 aromatic heterocycles. The average Bonchev–Trinajstić information content (AvgIpc) is 3.28. The molecule has 0 aliphatic rings. The largest absolute Gasteiger partial charge is 0.492 e. The molecule has 4 rings (SSSR count). The van der Waals surface area contributed by atoms with Gasteiger partial charge in [-0.15, -0.1) is 5.10 Å². The molecule has 0 saturated carbocycles. The van der Waals surface area contributed by atoms with Crippen molar-refractivity contribution in [3.63, 3.8) is 0 Å². The lowest BCUT2D eigenvalue weighted by Crippen LogP contribution is -2.32. The van der Waals surface area contributed by atoms with Crippen molar-refractivity contribution < 1.29 is 24.1 Å². The monoisotopic (exact) mass is 566 g/mol. The molecule has 40 heavy (non-hydrogen) atoms. The van der Waals surface area contributed by atoms with Crippen molar-refractivity contribution in [1.82, 2.24) is 14.7 Å². The van der Waals surface area contributed by atoms with Crippen molar-refractivity contribution in [3.8, 4) is 11.6 Å². The fourth-order valence-corrected chi connectivity index (χ4v) is 4.36. The van der Waals surface area contributed by atoms with Crippen LogP contribution in [-0.4, -0.2) is 58.3 Å². The summed E-state index contributed by atoms with van der Waals surface area (Å²) in [4.78, 5) is 14.9. The summed E-state index contributed by atoms with van der Waals surface area (Å²) < 4.78 is 18.1. The van der Waals surface area contributed by atoms with Crippen LogP contribution >= 0.6 is 11.6 Å². The molecule has 3 N–H and O–H groups in total. The molecule has 0 bridgehead atoms. The maximum atomic E-state index is 12.8. The number of hydrogen-bond donors (Lipinski definition) is 2. The summed E-state index contributed by atoms with van der Waals surface area (Å²) in [5, 5.41) is 16.3. The fourth-order valence-electron chi connectivity index (χ4n) is 4.24. The minimum absolute atomic E-state index is 0.318. The zero-order chi connectivity index (χ0) is 28.9. The third-order valence-corrected chi connectivity index (χ3v) is 6.48. The van der Waals surface area contributed by atoms with Crippen LogP contribution in [0.5, 0.6) is 11.6 Å². The van der Waals surface area contributed by atoms with E-state index in [1.165, 1.54) is 11.8 Å². The molecule has 1 heterocycles. The number of rotatable bonds is 10. The Labute approximate surface area is 239 Å². The first-order valence-electron chi connectivity index (χ1n) is 13.0. The van der Waals surface area contributed by atoms with Crippen LogP contribution in [0, 0.1) is 0 Å². The molecular formula is C30H35ClN4O5. The molecule has 4 aromatic rings. The maximum Gasteiger partial charge on any atom is 0.435 e. The number of aliphatic hydroxyl groups is 1. The van der Waals surface area contributed by atoms with Crippen molar-refractivity contribution in [1.29, 1.82) is 0 Å². The van der Waals surface area contributed by atoms with Gasteiger partial charge in [0.15, 0.2) is 0 Å². The Morgan fingerprint density at radius 2 is 1.88 bits per heavy atom. The highest BCUT2D eigenvalue weighted by molar-refractivity contribution is 6.33. The lowest BCUT2D eigenvalue weighted by molar-refractivity contribution is 0.0520. The zero-order valence-corrected chi connectivity index (χ0v) is 23.9. The van der Waals surface area contributed by atoms with Crippen molar-refractivity contribution in [2.24, 2.45) is 0 Å². The third kappa shape index (κ3) is 7.44. The van der Waals surface area contributed by atoms with Gasteiger partial charge in [0.05, 0.1) is 34.8 Å². The second-order valence-corrected chi connectivity index (χ2v) is 10.9. The van der Waals surface area contributed by atoms with Gasteiger partial charge in [0.2, 0.25) is 5.88 Å². The van der Waals surface area contributed by atoms with Crippen LogP contribution in [0.3, 0.4) is 0 Å². The van der Waals surface area contributed by atoms with Crippen LogP contribution in [0.2, 0.25) is 5.02 Å². The van der Waals surface area contributed by atoms with Gasteiger partial charge in [0.1, 0.15) is 18.0 Å². The summed E-state index contributed by atoms with van der Waals surface area (Å²) in [6, 6.07) is 20.5. The first kappa shape index (κ1) is 29.2. The number of carbonyl (C=O) groups is 1. The molecule has 0 radical (unpaired) electrons. The lowest BCUT2D eigenvalue weighted by atomic mass is 10.1. The van der Waals surface area contributed by atoms with Gasteiger partial charge in [0.25, 0.3) is 0 Å². The van der Waals surface area contributed by atoms with E-state index in [1.807, 2.05) is 30.3 Å². The Hall–Kier alpha value is -3.79. The van der Waals surface area contributed by atoms with Crippen LogP contribution in [0.15, 0.2) is 66.7 Å². The lowest BCUT2D eigenvalue weighted by Gasteiger charge is -2.25. The molecule has 0 amide bonds. The Bertz CT molecular complexity index is 1450. The molecule has 212 valence electrons. The topological polar surface area (TPSA) is 112 Å². The molecule has 1 unspecified atom stereocenters. The van der Waals surface area contributed by atoms with E-state index in [0.717, 1.165) is 5.56 Å². The highest BCUT2D eigenvalue weighted by Crippen LogP contribution is 2.29. The second kappa shape index (κ2) is 12.6. The summed E-state index contributed by atoms with van der Waals surface area (Å²) >= 11 is 6.05. The first-order valence-corrected chi connectivity index (χ1v) is 13.3. The molecule has 9 nitrogen and oxygen atoms in total. The smallest absolute Gasteiger partial charge is 0.435 e. The fraction of sp³-hybridized carbons (Fsp3) is 0.333. The molecule has 0 fully saturated rings. The quantitative estimate of drug-likeness (QED) is 0.236. The molecule has 0 aliphatic heterocycles. The number of methoxy groups -OCH3 is 1. The van der Waals surface area contributed by atoms with Gasteiger partial charge in [-0.1, -0.05) is 48.0 Å². The number of nitrogens with zero attached hydrogens (tertiary/aromatic N) is 3. The van der Waals surface area contributed by atoms with Gasteiger partial charge in [-0.25, -0.2) is 4.79 Å². The van der Waals surface area contributed by atoms with Gasteiger partial charge in [-0.05, 0) is 56.2 Å². The van der Waals surface area contributed by atoms with Gasteiger partial charge >= 0.3 is 6.09 Å². The van der Waals surface area contributed by atoms with E-state index in [9.17, 15) is 9.90 Å². The minimum atomic E-state index is -0.768. The number of halogens is 1. The number of nitrogen functional groups attached to an aromatic ring is 1. The zero-order valence-electron chi connectivity index (χ0n) is 23.1. The van der Waals surface area contributed by atoms with E-state index in [-0.39, 0.29) is 0 Å². The van der Waals surface area contributed by atoms with Crippen LogP contribution in [-0.2, 0) is 11.3 Å². The van der Waals surface area contributed by atoms with Gasteiger partial charge in [-0.3, -0.25) is 4.90 Å². The normalized spacial score (nSPS) is 12.5. The molecule has 0 saturated heterocycles. The molecule has 1 atom stereocenters. The molecule has 3 aromatic carbocycles. The van der Waals surface area contributed by atoms with E-state index >= 15 is 0 Å². The number of carbonyl (C=O) groups excluding carboxylic acids is 1. The molecule has 0 spiro atoms. The number of benzene rings is 3. The van der Waals surface area contributed by atoms with Gasteiger partial charge in [0, 0.05) is 25.7 Å². The number of ether oxygens (including phenoxy) is 3. The standard InChI is InChI=1S/C30H35ClN4O5/c1-30(2,3)40-29(37)35-26-17-22(11-12-23(26)28(33-35)38-4)39-15-14-34(18-20-8-6-5-7-9-20)19-27(36)21-10-13-24(31)25(32)16-21/h5-13,16-17,27,36H,14-15,18-19,32H2,1-4H3. The summed E-state index contributed by atoms with van der Waals surface area (Å²) in [5.41, 5.74) is 8.01.